The lowest BCUT2D eigenvalue weighted by Gasteiger charge is -2.37. The average molecular weight is 302 g/mol. The van der Waals surface area contributed by atoms with Gasteiger partial charge in [0.25, 0.3) is 0 Å². The first-order valence-corrected chi connectivity index (χ1v) is 7.72. The second kappa shape index (κ2) is 6.10. The van der Waals surface area contributed by atoms with Gasteiger partial charge in [0.1, 0.15) is 12.1 Å². The van der Waals surface area contributed by atoms with Gasteiger partial charge in [-0.05, 0) is 25.5 Å². The molecule has 5 nitrogen and oxygen atoms in total. The number of aromatic nitrogens is 1. The molecule has 0 radical (unpaired) electrons. The molecule has 0 aliphatic carbocycles. The summed E-state index contributed by atoms with van der Waals surface area (Å²) in [5.41, 5.74) is 2.17. The Kier molecular flexibility index (Phi) is 4.18. The summed E-state index contributed by atoms with van der Waals surface area (Å²) >= 11 is 0. The fraction of sp³-hybridized carbons (Fsp3) is 0.471. The Morgan fingerprint density at radius 1 is 1.45 bits per heavy atom. The lowest BCUT2D eigenvalue weighted by molar-refractivity contribution is -0.165. The SMILES string of the molecule is CC(O)CN1CC(C)OC(=O)C1Cc1c[nH]c2ccccc12. The van der Waals surface area contributed by atoms with E-state index in [-0.39, 0.29) is 18.1 Å². The Balaban J connectivity index is 1.85. The number of hydrogen-bond donors (Lipinski definition) is 2. The Bertz CT molecular complexity index is 663. The number of ether oxygens (including phenoxy) is 1. The predicted molar refractivity (Wildman–Crippen MR) is 84.6 cm³/mol. The summed E-state index contributed by atoms with van der Waals surface area (Å²) in [6.07, 6.45) is 1.94. The number of aliphatic hydroxyl groups excluding tert-OH is 1. The number of esters is 1. The highest BCUT2D eigenvalue weighted by molar-refractivity contribution is 5.84. The van der Waals surface area contributed by atoms with Crippen LogP contribution in [-0.4, -0.2) is 52.3 Å². The van der Waals surface area contributed by atoms with Gasteiger partial charge in [0.15, 0.2) is 0 Å². The third kappa shape index (κ3) is 3.00. The Morgan fingerprint density at radius 3 is 3.00 bits per heavy atom. The van der Waals surface area contributed by atoms with E-state index in [1.807, 2.05) is 36.2 Å². The quantitative estimate of drug-likeness (QED) is 0.844. The summed E-state index contributed by atoms with van der Waals surface area (Å²) in [6, 6.07) is 7.71. The molecule has 2 heterocycles. The summed E-state index contributed by atoms with van der Waals surface area (Å²) in [4.78, 5) is 17.6. The van der Waals surface area contributed by atoms with E-state index in [0.29, 0.717) is 19.5 Å². The molecule has 3 unspecified atom stereocenters. The monoisotopic (exact) mass is 302 g/mol. The minimum absolute atomic E-state index is 0.134. The largest absolute Gasteiger partial charge is 0.460 e. The van der Waals surface area contributed by atoms with Crippen LogP contribution in [0.15, 0.2) is 30.5 Å². The Morgan fingerprint density at radius 2 is 2.23 bits per heavy atom. The molecule has 118 valence electrons. The number of carbonyl (C=O) groups excluding carboxylic acids is 1. The van der Waals surface area contributed by atoms with Crippen molar-refractivity contribution in [2.45, 2.75) is 38.5 Å². The van der Waals surface area contributed by atoms with Gasteiger partial charge in [-0.15, -0.1) is 0 Å². The van der Waals surface area contributed by atoms with Gasteiger partial charge >= 0.3 is 5.97 Å². The van der Waals surface area contributed by atoms with Crippen LogP contribution in [0.5, 0.6) is 0 Å². The lowest BCUT2D eigenvalue weighted by Crippen LogP contribution is -2.54. The first kappa shape index (κ1) is 15.1. The van der Waals surface area contributed by atoms with Gasteiger partial charge in [0, 0.05) is 36.6 Å². The van der Waals surface area contributed by atoms with Crippen LogP contribution in [0.25, 0.3) is 10.9 Å². The summed E-state index contributed by atoms with van der Waals surface area (Å²) in [6.45, 7) is 4.76. The molecule has 0 saturated carbocycles. The molecule has 22 heavy (non-hydrogen) atoms. The summed E-state index contributed by atoms with van der Waals surface area (Å²) in [7, 11) is 0. The number of para-hydroxylation sites is 1. The molecule has 1 aromatic heterocycles. The third-order valence-corrected chi connectivity index (χ3v) is 4.11. The maximum absolute atomic E-state index is 12.3. The maximum Gasteiger partial charge on any atom is 0.324 e. The van der Waals surface area contributed by atoms with E-state index >= 15 is 0 Å². The molecular formula is C17H22N2O3. The second-order valence-corrected chi connectivity index (χ2v) is 6.13. The minimum Gasteiger partial charge on any atom is -0.460 e. The minimum atomic E-state index is -0.469. The maximum atomic E-state index is 12.3. The molecule has 3 rings (SSSR count). The van der Waals surface area contributed by atoms with E-state index in [0.717, 1.165) is 16.5 Å². The van der Waals surface area contributed by atoms with Crippen LogP contribution in [0, 0.1) is 0 Å². The summed E-state index contributed by atoms with van der Waals surface area (Å²) in [5, 5.41) is 10.8. The van der Waals surface area contributed by atoms with Gasteiger partial charge in [0.2, 0.25) is 0 Å². The van der Waals surface area contributed by atoms with E-state index in [1.54, 1.807) is 6.92 Å². The number of fused-ring (bicyclic) bond motifs is 1. The number of carbonyl (C=O) groups is 1. The first-order chi connectivity index (χ1) is 10.5. The summed E-state index contributed by atoms with van der Waals surface area (Å²) < 4.78 is 5.40. The van der Waals surface area contributed by atoms with Crippen molar-refractivity contribution in [3.8, 4) is 0 Å². The van der Waals surface area contributed by atoms with Crippen molar-refractivity contribution in [1.29, 1.82) is 0 Å². The number of morpholine rings is 1. The standard InChI is InChI=1S/C17H22N2O3/c1-11(20)9-19-10-12(2)22-17(21)16(19)7-13-8-18-15-6-4-3-5-14(13)15/h3-6,8,11-12,16,18,20H,7,9-10H2,1-2H3. The molecule has 5 heteroatoms. The van der Waals surface area contributed by atoms with E-state index in [2.05, 4.69) is 11.1 Å². The van der Waals surface area contributed by atoms with Gasteiger partial charge < -0.3 is 14.8 Å². The summed E-state index contributed by atoms with van der Waals surface area (Å²) in [5.74, 6) is -0.204. The molecule has 0 amide bonds. The van der Waals surface area contributed by atoms with Crippen LogP contribution < -0.4 is 0 Å². The fourth-order valence-electron chi connectivity index (χ4n) is 3.18. The molecule has 1 saturated heterocycles. The zero-order valence-electron chi connectivity index (χ0n) is 13.0. The molecule has 0 bridgehead atoms. The van der Waals surface area contributed by atoms with Crippen molar-refractivity contribution in [3.63, 3.8) is 0 Å². The normalized spacial score (nSPS) is 24.4. The molecule has 2 N–H and O–H groups in total. The second-order valence-electron chi connectivity index (χ2n) is 6.13. The van der Waals surface area contributed by atoms with Crippen LogP contribution in [0.4, 0.5) is 0 Å². The van der Waals surface area contributed by atoms with Crippen LogP contribution >= 0.6 is 0 Å². The molecule has 1 aromatic carbocycles. The van der Waals surface area contributed by atoms with Crippen LogP contribution in [0.3, 0.4) is 0 Å². The number of aliphatic hydroxyl groups is 1. The number of nitrogens with one attached hydrogen (secondary N) is 1. The van der Waals surface area contributed by atoms with Crippen molar-refractivity contribution < 1.29 is 14.6 Å². The van der Waals surface area contributed by atoms with E-state index in [9.17, 15) is 9.90 Å². The fourth-order valence-corrected chi connectivity index (χ4v) is 3.18. The lowest BCUT2D eigenvalue weighted by atomic mass is 10.0. The molecule has 1 aliphatic heterocycles. The number of hydrogen-bond acceptors (Lipinski definition) is 4. The highest BCUT2D eigenvalue weighted by Crippen LogP contribution is 2.23. The third-order valence-electron chi connectivity index (χ3n) is 4.11. The van der Waals surface area contributed by atoms with E-state index < -0.39 is 6.10 Å². The molecule has 2 aromatic rings. The van der Waals surface area contributed by atoms with Crippen molar-refractivity contribution in [3.05, 3.63) is 36.0 Å². The number of benzene rings is 1. The van der Waals surface area contributed by atoms with Gasteiger partial charge in [0.05, 0.1) is 6.10 Å². The van der Waals surface area contributed by atoms with Gasteiger partial charge in [-0.2, -0.15) is 0 Å². The molecule has 3 atom stereocenters. The average Bonchev–Trinajstić information content (AvgIpc) is 2.85. The van der Waals surface area contributed by atoms with E-state index in [4.69, 9.17) is 4.74 Å². The molecule has 1 fully saturated rings. The number of cyclic esters (lactones) is 1. The Labute approximate surface area is 129 Å². The van der Waals surface area contributed by atoms with Crippen molar-refractivity contribution >= 4 is 16.9 Å². The zero-order valence-corrected chi connectivity index (χ0v) is 13.0. The van der Waals surface area contributed by atoms with Crippen molar-refractivity contribution in [1.82, 2.24) is 9.88 Å². The van der Waals surface area contributed by atoms with Crippen LogP contribution in [-0.2, 0) is 16.0 Å². The van der Waals surface area contributed by atoms with Crippen LogP contribution in [0.2, 0.25) is 0 Å². The Hall–Kier alpha value is -1.85. The molecule has 1 aliphatic rings. The topological polar surface area (TPSA) is 65.6 Å². The number of rotatable bonds is 4. The smallest absolute Gasteiger partial charge is 0.324 e. The number of aromatic amines is 1. The number of nitrogens with zero attached hydrogens (tertiary/aromatic N) is 1. The molecular weight excluding hydrogens is 280 g/mol. The van der Waals surface area contributed by atoms with Gasteiger partial charge in [-0.3, -0.25) is 9.69 Å². The first-order valence-electron chi connectivity index (χ1n) is 7.72. The van der Waals surface area contributed by atoms with E-state index in [1.165, 1.54) is 0 Å². The van der Waals surface area contributed by atoms with Crippen molar-refractivity contribution in [2.75, 3.05) is 13.1 Å². The van der Waals surface area contributed by atoms with Crippen LogP contribution in [0.1, 0.15) is 19.4 Å². The zero-order chi connectivity index (χ0) is 15.7. The van der Waals surface area contributed by atoms with Crippen molar-refractivity contribution in [2.24, 2.45) is 0 Å². The van der Waals surface area contributed by atoms with Gasteiger partial charge in [-0.1, -0.05) is 18.2 Å². The number of β-amino-alcohol motifs (C(OH)–C–C–N with tert-alkyl or cyclic N) is 1. The highest BCUT2D eigenvalue weighted by Gasteiger charge is 2.35. The highest BCUT2D eigenvalue weighted by atomic mass is 16.5. The number of H-pyrrole nitrogens is 1. The predicted octanol–water partition coefficient (Wildman–Crippen LogP) is 1.71. The molecule has 0 spiro atoms. The van der Waals surface area contributed by atoms with Gasteiger partial charge in [-0.25, -0.2) is 0 Å².